The van der Waals surface area contributed by atoms with Gasteiger partial charge in [0.05, 0.1) is 6.20 Å². The first-order valence-electron chi connectivity index (χ1n) is 5.89. The van der Waals surface area contributed by atoms with E-state index in [1.165, 1.54) is 0 Å². The van der Waals surface area contributed by atoms with E-state index in [-0.39, 0.29) is 11.4 Å². The van der Waals surface area contributed by atoms with Gasteiger partial charge in [-0.2, -0.15) is 0 Å². The van der Waals surface area contributed by atoms with E-state index in [2.05, 4.69) is 9.71 Å². The van der Waals surface area contributed by atoms with Gasteiger partial charge in [-0.05, 0) is 17.2 Å². The monoisotopic (exact) mass is 295 g/mol. The van der Waals surface area contributed by atoms with E-state index in [1.54, 1.807) is 12.1 Å². The Balaban J connectivity index is 2.09. The summed E-state index contributed by atoms with van der Waals surface area (Å²) in [5, 5.41) is 0. The maximum Gasteiger partial charge on any atom is 0.242 e. The number of hydrogen-bond acceptors (Lipinski definition) is 4. The number of pyridine rings is 1. The zero-order valence-corrected chi connectivity index (χ0v) is 11.4. The summed E-state index contributed by atoms with van der Waals surface area (Å²) in [7, 11) is -3.77. The van der Waals surface area contributed by atoms with Gasteiger partial charge in [-0.25, -0.2) is 17.5 Å². The van der Waals surface area contributed by atoms with Crippen LogP contribution in [-0.4, -0.2) is 13.4 Å². The van der Waals surface area contributed by atoms with Crippen LogP contribution in [0.1, 0.15) is 11.1 Å². The molecule has 0 radical (unpaired) electrons. The lowest BCUT2D eigenvalue weighted by atomic mass is 10.1. The number of nitrogens with two attached hydrogens (primary N) is 1. The Labute approximate surface area is 116 Å². The molecule has 0 aliphatic carbocycles. The summed E-state index contributed by atoms with van der Waals surface area (Å²) >= 11 is 0. The minimum absolute atomic E-state index is 0.115. The van der Waals surface area contributed by atoms with Crippen LogP contribution in [0.3, 0.4) is 0 Å². The fraction of sp³-hybridized carbons (Fsp3) is 0.154. The number of sulfonamides is 1. The van der Waals surface area contributed by atoms with Gasteiger partial charge in [-0.15, -0.1) is 0 Å². The van der Waals surface area contributed by atoms with Crippen molar-refractivity contribution in [3.8, 4) is 0 Å². The molecule has 0 unspecified atom stereocenters. The molecule has 2 aromatic rings. The molecule has 1 heterocycles. The number of halogens is 1. The summed E-state index contributed by atoms with van der Waals surface area (Å²) in [5.41, 5.74) is 7.23. The van der Waals surface area contributed by atoms with Crippen molar-refractivity contribution in [1.29, 1.82) is 0 Å². The maximum absolute atomic E-state index is 13.0. The summed E-state index contributed by atoms with van der Waals surface area (Å²) in [6.45, 7) is 0.546. The Morgan fingerprint density at radius 2 is 1.80 bits per heavy atom. The second-order valence-electron chi connectivity index (χ2n) is 4.18. The van der Waals surface area contributed by atoms with Gasteiger partial charge in [0.1, 0.15) is 10.7 Å². The molecular weight excluding hydrogens is 281 g/mol. The van der Waals surface area contributed by atoms with Crippen molar-refractivity contribution in [3.05, 3.63) is 59.7 Å². The molecule has 1 aromatic carbocycles. The molecule has 20 heavy (non-hydrogen) atoms. The molecule has 106 valence electrons. The highest BCUT2D eigenvalue weighted by atomic mass is 32.2. The molecule has 0 saturated carbocycles. The molecular formula is C13H14FN3O2S. The number of aromatic nitrogens is 1. The summed E-state index contributed by atoms with van der Waals surface area (Å²) in [6.07, 6.45) is 2.05. The van der Waals surface area contributed by atoms with Crippen molar-refractivity contribution >= 4 is 10.0 Å². The van der Waals surface area contributed by atoms with Crippen molar-refractivity contribution in [1.82, 2.24) is 9.71 Å². The molecule has 0 fully saturated rings. The predicted octanol–water partition coefficient (Wildman–Crippen LogP) is 1.16. The van der Waals surface area contributed by atoms with Crippen molar-refractivity contribution in [2.45, 2.75) is 18.0 Å². The molecule has 0 aliphatic heterocycles. The summed E-state index contributed by atoms with van der Waals surface area (Å²) in [6, 6.07) is 8.15. The molecule has 0 atom stereocenters. The lowest BCUT2D eigenvalue weighted by Gasteiger charge is -2.07. The second kappa shape index (κ2) is 6.08. The van der Waals surface area contributed by atoms with Gasteiger partial charge < -0.3 is 5.73 Å². The van der Waals surface area contributed by atoms with E-state index < -0.39 is 15.8 Å². The van der Waals surface area contributed by atoms with Crippen LogP contribution >= 0.6 is 0 Å². The van der Waals surface area contributed by atoms with Gasteiger partial charge in [-0.3, -0.25) is 4.98 Å². The van der Waals surface area contributed by atoms with Crippen molar-refractivity contribution in [2.75, 3.05) is 0 Å². The SMILES string of the molecule is NCc1ccc(CNS(=O)(=O)c2cncc(F)c2)cc1. The van der Waals surface area contributed by atoms with Crippen molar-refractivity contribution in [3.63, 3.8) is 0 Å². The zero-order valence-electron chi connectivity index (χ0n) is 10.6. The molecule has 0 saturated heterocycles. The van der Waals surface area contributed by atoms with Gasteiger partial charge in [0.25, 0.3) is 0 Å². The van der Waals surface area contributed by atoms with E-state index in [0.717, 1.165) is 29.6 Å². The fourth-order valence-corrected chi connectivity index (χ4v) is 2.58. The third-order valence-corrected chi connectivity index (χ3v) is 4.08. The Bertz CT molecular complexity index is 687. The Hall–Kier alpha value is -1.83. The second-order valence-corrected chi connectivity index (χ2v) is 5.95. The van der Waals surface area contributed by atoms with E-state index in [9.17, 15) is 12.8 Å². The van der Waals surface area contributed by atoms with Crippen LogP contribution in [0.5, 0.6) is 0 Å². The number of hydrogen-bond donors (Lipinski definition) is 2. The topological polar surface area (TPSA) is 85.1 Å². The third kappa shape index (κ3) is 3.60. The van der Waals surface area contributed by atoms with Gasteiger partial charge in [0, 0.05) is 19.3 Å². The zero-order chi connectivity index (χ0) is 14.6. The van der Waals surface area contributed by atoms with Gasteiger partial charge in [0.2, 0.25) is 10.0 Å². The standard InChI is InChI=1S/C13H14FN3O2S/c14-12-5-13(9-16-8-12)20(18,19)17-7-11-3-1-10(6-15)2-4-11/h1-5,8-9,17H,6-7,15H2. The Morgan fingerprint density at radius 3 is 2.40 bits per heavy atom. The van der Waals surface area contributed by atoms with Crippen LogP contribution in [0, 0.1) is 5.82 Å². The lowest BCUT2D eigenvalue weighted by Crippen LogP contribution is -2.23. The molecule has 1 aromatic heterocycles. The van der Waals surface area contributed by atoms with E-state index in [1.807, 2.05) is 12.1 Å². The minimum atomic E-state index is -3.77. The molecule has 0 amide bonds. The van der Waals surface area contributed by atoms with Crippen LogP contribution in [0.2, 0.25) is 0 Å². The van der Waals surface area contributed by atoms with Gasteiger partial charge >= 0.3 is 0 Å². The first-order chi connectivity index (χ1) is 9.51. The van der Waals surface area contributed by atoms with E-state index in [4.69, 9.17) is 5.73 Å². The highest BCUT2D eigenvalue weighted by Crippen LogP contribution is 2.10. The molecule has 5 nitrogen and oxygen atoms in total. The van der Waals surface area contributed by atoms with Gasteiger partial charge in [-0.1, -0.05) is 24.3 Å². The van der Waals surface area contributed by atoms with Crippen LogP contribution in [-0.2, 0) is 23.1 Å². The van der Waals surface area contributed by atoms with Crippen LogP contribution in [0.15, 0.2) is 47.6 Å². The predicted molar refractivity (Wildman–Crippen MR) is 72.6 cm³/mol. The summed E-state index contributed by atoms with van der Waals surface area (Å²) in [5.74, 6) is -0.694. The molecule has 0 bridgehead atoms. The first-order valence-corrected chi connectivity index (χ1v) is 7.38. The van der Waals surface area contributed by atoms with E-state index >= 15 is 0 Å². The first kappa shape index (κ1) is 14.6. The Morgan fingerprint density at radius 1 is 1.15 bits per heavy atom. The molecule has 0 spiro atoms. The number of nitrogens with one attached hydrogen (secondary N) is 1. The molecule has 7 heteroatoms. The largest absolute Gasteiger partial charge is 0.326 e. The fourth-order valence-electron chi connectivity index (χ4n) is 1.59. The third-order valence-electron chi connectivity index (χ3n) is 2.72. The molecule has 3 N–H and O–H groups in total. The van der Waals surface area contributed by atoms with Gasteiger partial charge in [0.15, 0.2) is 0 Å². The summed E-state index contributed by atoms with van der Waals surface area (Å²) < 4.78 is 39.3. The van der Waals surface area contributed by atoms with Crippen molar-refractivity contribution in [2.24, 2.45) is 5.73 Å². The highest BCUT2D eigenvalue weighted by molar-refractivity contribution is 7.89. The number of rotatable bonds is 5. The highest BCUT2D eigenvalue weighted by Gasteiger charge is 2.14. The molecule has 0 aliphatic rings. The van der Waals surface area contributed by atoms with Crippen LogP contribution in [0.25, 0.3) is 0 Å². The minimum Gasteiger partial charge on any atom is -0.326 e. The van der Waals surface area contributed by atoms with Crippen LogP contribution < -0.4 is 10.5 Å². The number of benzene rings is 1. The van der Waals surface area contributed by atoms with Crippen LogP contribution in [0.4, 0.5) is 4.39 Å². The summed E-state index contributed by atoms with van der Waals surface area (Å²) in [4.78, 5) is 3.32. The Kier molecular flexibility index (Phi) is 4.43. The normalized spacial score (nSPS) is 11.5. The maximum atomic E-state index is 13.0. The quantitative estimate of drug-likeness (QED) is 0.866. The van der Waals surface area contributed by atoms with Crippen molar-refractivity contribution < 1.29 is 12.8 Å². The average Bonchev–Trinajstić information content (AvgIpc) is 2.46. The lowest BCUT2D eigenvalue weighted by molar-refractivity contribution is 0.575. The smallest absolute Gasteiger partial charge is 0.242 e. The number of nitrogens with zero attached hydrogens (tertiary/aromatic N) is 1. The molecule has 2 rings (SSSR count). The van der Waals surface area contributed by atoms with E-state index in [0.29, 0.717) is 6.54 Å². The average molecular weight is 295 g/mol.